The maximum absolute atomic E-state index is 5.90. The molecule has 0 atom stereocenters. The van der Waals surface area contributed by atoms with Crippen LogP contribution >= 0.6 is 27.7 Å². The normalized spacial score (nSPS) is 9.50. The minimum Gasteiger partial charge on any atom is -0.321 e. The fourth-order valence-electron chi connectivity index (χ4n) is 0.720. The zero-order valence-corrected chi connectivity index (χ0v) is 7.83. The third kappa shape index (κ3) is 1.44. The molecule has 1 N–H and O–H groups in total. The summed E-state index contributed by atoms with van der Waals surface area (Å²) in [6.07, 6.45) is 0. The van der Waals surface area contributed by atoms with E-state index in [4.69, 9.17) is 11.6 Å². The molecular formula is C7H7BrClN. The van der Waals surface area contributed by atoms with E-state index in [-0.39, 0.29) is 0 Å². The number of rotatable bonds is 1. The van der Waals surface area contributed by atoms with Crippen molar-refractivity contribution in [2.24, 2.45) is 0 Å². The van der Waals surface area contributed by atoms with Crippen LogP contribution in [0, 0.1) is 6.92 Å². The largest absolute Gasteiger partial charge is 0.321 e. The maximum Gasteiger partial charge on any atom is 0.0674 e. The molecule has 0 amide bonds. The number of benzene rings is 1. The van der Waals surface area contributed by atoms with Gasteiger partial charge in [-0.3, -0.25) is 0 Å². The van der Waals surface area contributed by atoms with Crippen molar-refractivity contribution in [3.8, 4) is 0 Å². The summed E-state index contributed by atoms with van der Waals surface area (Å²) in [5.41, 5.74) is 1.98. The summed E-state index contributed by atoms with van der Waals surface area (Å²) in [6.45, 7) is 1.97. The number of anilines is 1. The molecule has 0 aliphatic rings. The number of hydrogen-bond acceptors (Lipinski definition) is 1. The van der Waals surface area contributed by atoms with Gasteiger partial charge in [-0.2, -0.15) is 0 Å². The summed E-state index contributed by atoms with van der Waals surface area (Å²) in [4.78, 5) is 0. The van der Waals surface area contributed by atoms with Gasteiger partial charge < -0.3 is 4.34 Å². The Balaban J connectivity index is 3.14. The van der Waals surface area contributed by atoms with Crippen LogP contribution in [0.25, 0.3) is 0 Å². The topological polar surface area (TPSA) is 12.0 Å². The van der Waals surface area contributed by atoms with Crippen molar-refractivity contribution in [2.45, 2.75) is 6.92 Å². The summed E-state index contributed by atoms with van der Waals surface area (Å²) >= 11 is 9.01. The minimum absolute atomic E-state index is 0.763. The van der Waals surface area contributed by atoms with E-state index in [1.165, 1.54) is 0 Å². The van der Waals surface area contributed by atoms with Gasteiger partial charge in [0.1, 0.15) is 0 Å². The van der Waals surface area contributed by atoms with Gasteiger partial charge >= 0.3 is 0 Å². The first-order valence-electron chi connectivity index (χ1n) is 2.87. The molecule has 0 spiro atoms. The van der Waals surface area contributed by atoms with E-state index >= 15 is 0 Å². The number of halogens is 2. The highest BCUT2D eigenvalue weighted by Gasteiger charge is 1.98. The molecule has 54 valence electrons. The average molecular weight is 220 g/mol. The van der Waals surface area contributed by atoms with Gasteiger partial charge in [0.2, 0.25) is 0 Å². The van der Waals surface area contributed by atoms with Crippen LogP contribution in [0.4, 0.5) is 5.69 Å². The summed E-state index contributed by atoms with van der Waals surface area (Å²) in [5.74, 6) is 0. The molecule has 3 heteroatoms. The lowest BCUT2D eigenvalue weighted by molar-refractivity contribution is 1.47. The Hall–Kier alpha value is -0.210. The lowest BCUT2D eigenvalue weighted by atomic mass is 10.2. The van der Waals surface area contributed by atoms with Crippen LogP contribution in [0.15, 0.2) is 18.2 Å². The van der Waals surface area contributed by atoms with E-state index < -0.39 is 0 Å². The first-order valence-corrected chi connectivity index (χ1v) is 4.04. The fraction of sp³-hybridized carbons (Fsp3) is 0.143. The maximum atomic E-state index is 5.90. The van der Waals surface area contributed by atoms with Crippen molar-refractivity contribution in [1.82, 2.24) is 0 Å². The van der Waals surface area contributed by atoms with E-state index in [1.807, 2.05) is 25.1 Å². The van der Waals surface area contributed by atoms with Crippen molar-refractivity contribution in [1.29, 1.82) is 0 Å². The molecule has 0 bridgehead atoms. The van der Waals surface area contributed by atoms with Crippen LogP contribution < -0.4 is 4.34 Å². The molecule has 1 aromatic rings. The number of aryl methyl sites for hydroxylation is 1. The Morgan fingerprint density at radius 2 is 2.20 bits per heavy atom. The third-order valence-electron chi connectivity index (χ3n) is 1.29. The smallest absolute Gasteiger partial charge is 0.0674 e. The second-order valence-corrected chi connectivity index (χ2v) is 2.81. The molecular weight excluding hydrogens is 213 g/mol. The molecule has 0 unspecified atom stereocenters. The monoisotopic (exact) mass is 219 g/mol. The predicted molar refractivity (Wildman–Crippen MR) is 48.7 cm³/mol. The Labute approximate surface area is 73.7 Å². The van der Waals surface area contributed by atoms with Crippen LogP contribution in [0.2, 0.25) is 5.02 Å². The zero-order chi connectivity index (χ0) is 7.56. The Kier molecular flexibility index (Phi) is 2.57. The van der Waals surface area contributed by atoms with Gasteiger partial charge in [0.25, 0.3) is 0 Å². The van der Waals surface area contributed by atoms with E-state index in [9.17, 15) is 0 Å². The van der Waals surface area contributed by atoms with Crippen molar-refractivity contribution in [3.63, 3.8) is 0 Å². The Morgan fingerprint density at radius 3 is 2.70 bits per heavy atom. The van der Waals surface area contributed by atoms with Gasteiger partial charge in [0.05, 0.1) is 10.7 Å². The van der Waals surface area contributed by atoms with Crippen molar-refractivity contribution in [2.75, 3.05) is 4.34 Å². The number of nitrogens with one attached hydrogen (secondary N) is 1. The lowest BCUT2D eigenvalue weighted by Crippen LogP contribution is -1.82. The van der Waals surface area contributed by atoms with Crippen molar-refractivity contribution >= 4 is 33.4 Å². The van der Waals surface area contributed by atoms with Crippen LogP contribution in [0.3, 0.4) is 0 Å². The van der Waals surface area contributed by atoms with Gasteiger partial charge in [-0.1, -0.05) is 23.7 Å². The molecule has 10 heavy (non-hydrogen) atoms. The quantitative estimate of drug-likeness (QED) is 0.716. The molecule has 0 saturated heterocycles. The first kappa shape index (κ1) is 7.89. The lowest BCUT2D eigenvalue weighted by Gasteiger charge is -2.02. The minimum atomic E-state index is 0.763. The fourth-order valence-corrected chi connectivity index (χ4v) is 1.34. The van der Waals surface area contributed by atoms with Gasteiger partial charge in [0.15, 0.2) is 0 Å². The molecule has 0 radical (unpaired) electrons. The molecule has 0 fully saturated rings. The van der Waals surface area contributed by atoms with Gasteiger partial charge in [-0.05, 0) is 18.6 Å². The van der Waals surface area contributed by atoms with Crippen LogP contribution in [0.1, 0.15) is 5.56 Å². The summed E-state index contributed by atoms with van der Waals surface area (Å²) < 4.78 is 2.82. The molecule has 0 aromatic heterocycles. The molecule has 0 aliphatic carbocycles. The molecule has 0 aliphatic heterocycles. The van der Waals surface area contributed by atoms with Crippen molar-refractivity contribution < 1.29 is 0 Å². The van der Waals surface area contributed by atoms with Crippen LogP contribution in [-0.2, 0) is 0 Å². The highest BCUT2D eigenvalue weighted by atomic mass is 79.9. The van der Waals surface area contributed by atoms with Gasteiger partial charge in [-0.15, -0.1) is 0 Å². The summed E-state index contributed by atoms with van der Waals surface area (Å²) in [6, 6.07) is 5.82. The molecule has 1 aromatic carbocycles. The second-order valence-electron chi connectivity index (χ2n) is 2.03. The third-order valence-corrected chi connectivity index (χ3v) is 2.22. The molecule has 0 heterocycles. The Morgan fingerprint density at radius 1 is 1.50 bits per heavy atom. The molecule has 1 rings (SSSR count). The molecule has 0 saturated carbocycles. The van der Waals surface area contributed by atoms with Crippen LogP contribution in [-0.4, -0.2) is 0 Å². The van der Waals surface area contributed by atoms with Crippen molar-refractivity contribution in [3.05, 3.63) is 28.8 Å². The SMILES string of the molecule is Cc1cccc(NBr)c1Cl. The highest BCUT2D eigenvalue weighted by Crippen LogP contribution is 2.25. The van der Waals surface area contributed by atoms with E-state index in [1.54, 1.807) is 0 Å². The average Bonchev–Trinajstić information content (AvgIpc) is 1.95. The standard InChI is InChI=1S/C7H7BrClN/c1-5-3-2-4-6(10-8)7(5)9/h2-4,10H,1H3. The zero-order valence-electron chi connectivity index (χ0n) is 5.49. The molecule has 1 nitrogen and oxygen atoms in total. The summed E-state index contributed by atoms with van der Waals surface area (Å²) in [7, 11) is 0. The highest BCUT2D eigenvalue weighted by molar-refractivity contribution is 9.10. The second kappa shape index (κ2) is 3.26. The predicted octanol–water partition coefficient (Wildman–Crippen LogP) is 3.37. The van der Waals surface area contributed by atoms with E-state index in [0.717, 1.165) is 16.3 Å². The van der Waals surface area contributed by atoms with Gasteiger partial charge in [-0.25, -0.2) is 0 Å². The van der Waals surface area contributed by atoms with Crippen LogP contribution in [0.5, 0.6) is 0 Å². The number of hydrogen-bond donors (Lipinski definition) is 1. The summed E-state index contributed by atoms with van der Waals surface area (Å²) in [5, 5.41) is 0.763. The first-order chi connectivity index (χ1) is 4.75. The van der Waals surface area contributed by atoms with E-state index in [0.29, 0.717) is 0 Å². The van der Waals surface area contributed by atoms with Gasteiger partial charge in [0, 0.05) is 16.1 Å². The van der Waals surface area contributed by atoms with E-state index in [2.05, 4.69) is 20.5 Å². The Bertz CT molecular complexity index is 237.